The summed E-state index contributed by atoms with van der Waals surface area (Å²) in [6, 6.07) is 0. The summed E-state index contributed by atoms with van der Waals surface area (Å²) in [6.07, 6.45) is 0. The van der Waals surface area contributed by atoms with Gasteiger partial charge in [-0.1, -0.05) is 13.8 Å². The van der Waals surface area contributed by atoms with E-state index < -0.39 is 17.8 Å². The maximum absolute atomic E-state index is 13.0. The number of hydrogen-bond acceptors (Lipinski definition) is 1. The lowest BCUT2D eigenvalue weighted by atomic mass is 9.89. The van der Waals surface area contributed by atoms with Crippen LogP contribution in [-0.4, -0.2) is 19.0 Å². The van der Waals surface area contributed by atoms with Crippen LogP contribution in [0.2, 0.25) is 0 Å². The van der Waals surface area contributed by atoms with Crippen LogP contribution < -0.4 is 5.32 Å². The first-order valence-electron chi connectivity index (χ1n) is 3.63. The number of hydrogen-bond donors (Lipinski definition) is 1. The summed E-state index contributed by atoms with van der Waals surface area (Å²) >= 11 is 0. The van der Waals surface area contributed by atoms with Gasteiger partial charge in [-0.15, -0.1) is 0 Å². The molecule has 1 rings (SSSR count). The van der Waals surface area contributed by atoms with Crippen molar-refractivity contribution in [3.05, 3.63) is 0 Å². The molecular formula is C7H13F2N. The molecule has 1 N–H and O–H groups in total. The molecule has 0 aromatic carbocycles. The molecule has 1 aliphatic rings. The second kappa shape index (κ2) is 2.46. The summed E-state index contributed by atoms with van der Waals surface area (Å²) in [7, 11) is 0. The number of piperidine rings is 1. The fraction of sp³-hybridized carbons (Fsp3) is 1.00. The maximum atomic E-state index is 13.0. The van der Waals surface area contributed by atoms with Gasteiger partial charge in [-0.05, 0) is 0 Å². The van der Waals surface area contributed by atoms with E-state index in [4.69, 9.17) is 0 Å². The van der Waals surface area contributed by atoms with Crippen LogP contribution in [0.3, 0.4) is 0 Å². The molecule has 3 heteroatoms. The third-order valence-corrected chi connectivity index (χ3v) is 2.22. The summed E-state index contributed by atoms with van der Waals surface area (Å²) in [4.78, 5) is 0. The first-order valence-corrected chi connectivity index (χ1v) is 3.63. The van der Waals surface area contributed by atoms with Gasteiger partial charge in [-0.2, -0.15) is 0 Å². The van der Waals surface area contributed by atoms with Crippen molar-refractivity contribution < 1.29 is 8.78 Å². The van der Waals surface area contributed by atoms with Crippen molar-refractivity contribution in [1.82, 2.24) is 5.32 Å². The molecule has 0 bridgehead atoms. The average Bonchev–Trinajstić information content (AvgIpc) is 1.84. The Labute approximate surface area is 59.8 Å². The lowest BCUT2D eigenvalue weighted by Gasteiger charge is -2.34. The second-order valence-corrected chi connectivity index (χ2v) is 3.13. The molecular weight excluding hydrogens is 136 g/mol. The highest BCUT2D eigenvalue weighted by atomic mass is 19.3. The molecule has 1 fully saturated rings. The van der Waals surface area contributed by atoms with Gasteiger partial charge in [0.1, 0.15) is 0 Å². The van der Waals surface area contributed by atoms with Crippen molar-refractivity contribution >= 4 is 0 Å². The van der Waals surface area contributed by atoms with E-state index in [0.29, 0.717) is 13.1 Å². The molecule has 1 saturated heterocycles. The Hall–Kier alpha value is -0.180. The molecule has 0 saturated carbocycles. The summed E-state index contributed by atoms with van der Waals surface area (Å²) in [6.45, 7) is 4.06. The normalized spacial score (nSPS) is 39.6. The maximum Gasteiger partial charge on any atom is 0.255 e. The van der Waals surface area contributed by atoms with Gasteiger partial charge in [-0.3, -0.25) is 0 Å². The molecule has 0 radical (unpaired) electrons. The van der Waals surface area contributed by atoms with Crippen LogP contribution in [0.15, 0.2) is 0 Å². The van der Waals surface area contributed by atoms with E-state index in [1.54, 1.807) is 13.8 Å². The van der Waals surface area contributed by atoms with E-state index in [-0.39, 0.29) is 0 Å². The van der Waals surface area contributed by atoms with E-state index in [1.807, 2.05) is 0 Å². The summed E-state index contributed by atoms with van der Waals surface area (Å²) in [5, 5.41) is 2.96. The van der Waals surface area contributed by atoms with Gasteiger partial charge in [0.15, 0.2) is 0 Å². The SMILES string of the molecule is CC1CNCC(C)C1(F)F. The quantitative estimate of drug-likeness (QED) is 0.550. The summed E-state index contributed by atoms with van der Waals surface area (Å²) < 4.78 is 25.9. The molecule has 1 heterocycles. The van der Waals surface area contributed by atoms with Crippen LogP contribution in [0.5, 0.6) is 0 Å². The number of rotatable bonds is 0. The largest absolute Gasteiger partial charge is 0.316 e. The monoisotopic (exact) mass is 149 g/mol. The number of alkyl halides is 2. The minimum absolute atomic E-state index is 0.442. The molecule has 10 heavy (non-hydrogen) atoms. The molecule has 0 aromatic heterocycles. The highest BCUT2D eigenvalue weighted by molar-refractivity contribution is 4.86. The first kappa shape index (κ1) is 7.92. The van der Waals surface area contributed by atoms with E-state index in [2.05, 4.69) is 5.32 Å². The molecule has 2 atom stereocenters. The fourth-order valence-corrected chi connectivity index (χ4v) is 1.27. The molecule has 0 amide bonds. The van der Waals surface area contributed by atoms with Crippen molar-refractivity contribution in [2.45, 2.75) is 19.8 Å². The van der Waals surface area contributed by atoms with Gasteiger partial charge in [0.2, 0.25) is 0 Å². The Balaban J connectivity index is 2.63. The van der Waals surface area contributed by atoms with Gasteiger partial charge in [0.05, 0.1) is 0 Å². The van der Waals surface area contributed by atoms with Crippen LogP contribution in [-0.2, 0) is 0 Å². The molecule has 0 aromatic rings. The molecule has 2 unspecified atom stereocenters. The van der Waals surface area contributed by atoms with Gasteiger partial charge in [0.25, 0.3) is 5.92 Å². The van der Waals surface area contributed by atoms with Crippen molar-refractivity contribution in [1.29, 1.82) is 0 Å². The molecule has 1 aliphatic heterocycles. The fourth-order valence-electron chi connectivity index (χ4n) is 1.27. The van der Waals surface area contributed by atoms with Gasteiger partial charge >= 0.3 is 0 Å². The highest BCUT2D eigenvalue weighted by Gasteiger charge is 2.44. The minimum atomic E-state index is -2.47. The Morgan fingerprint density at radius 1 is 1.20 bits per heavy atom. The van der Waals surface area contributed by atoms with Crippen LogP contribution in [0.25, 0.3) is 0 Å². The Morgan fingerprint density at radius 2 is 1.60 bits per heavy atom. The lowest BCUT2D eigenvalue weighted by Crippen LogP contribution is -2.49. The van der Waals surface area contributed by atoms with E-state index >= 15 is 0 Å². The van der Waals surface area contributed by atoms with Crippen molar-refractivity contribution in [3.63, 3.8) is 0 Å². The zero-order valence-electron chi connectivity index (χ0n) is 6.32. The highest BCUT2D eigenvalue weighted by Crippen LogP contribution is 2.34. The van der Waals surface area contributed by atoms with Crippen molar-refractivity contribution in [2.24, 2.45) is 11.8 Å². The molecule has 0 aliphatic carbocycles. The van der Waals surface area contributed by atoms with Crippen LogP contribution in [0, 0.1) is 11.8 Å². The summed E-state index contributed by atoms with van der Waals surface area (Å²) in [5.41, 5.74) is 0. The van der Waals surface area contributed by atoms with Gasteiger partial charge < -0.3 is 5.32 Å². The minimum Gasteiger partial charge on any atom is -0.316 e. The topological polar surface area (TPSA) is 12.0 Å². The average molecular weight is 149 g/mol. The third-order valence-electron chi connectivity index (χ3n) is 2.22. The van der Waals surface area contributed by atoms with Crippen LogP contribution in [0.1, 0.15) is 13.8 Å². The molecule has 0 spiro atoms. The molecule has 1 nitrogen and oxygen atoms in total. The van der Waals surface area contributed by atoms with E-state index in [1.165, 1.54) is 0 Å². The lowest BCUT2D eigenvalue weighted by molar-refractivity contribution is -0.111. The van der Waals surface area contributed by atoms with Gasteiger partial charge in [-0.25, -0.2) is 8.78 Å². The second-order valence-electron chi connectivity index (χ2n) is 3.13. The van der Waals surface area contributed by atoms with Crippen molar-refractivity contribution in [3.8, 4) is 0 Å². The van der Waals surface area contributed by atoms with Crippen molar-refractivity contribution in [2.75, 3.05) is 13.1 Å². The summed E-state index contributed by atoms with van der Waals surface area (Å²) in [5.74, 6) is -3.50. The Bertz CT molecular complexity index is 113. The van der Waals surface area contributed by atoms with Crippen LogP contribution in [0.4, 0.5) is 8.78 Å². The third kappa shape index (κ3) is 1.15. The predicted molar refractivity (Wildman–Crippen MR) is 36.1 cm³/mol. The van der Waals surface area contributed by atoms with E-state index in [9.17, 15) is 8.78 Å². The van der Waals surface area contributed by atoms with Gasteiger partial charge in [0, 0.05) is 24.9 Å². The zero-order valence-corrected chi connectivity index (χ0v) is 6.32. The number of halogens is 2. The zero-order chi connectivity index (χ0) is 7.78. The Kier molecular flexibility index (Phi) is 1.95. The Morgan fingerprint density at radius 3 is 1.90 bits per heavy atom. The van der Waals surface area contributed by atoms with E-state index in [0.717, 1.165) is 0 Å². The standard InChI is InChI=1S/C7H13F2N/c1-5-3-10-4-6(2)7(5,8)9/h5-6,10H,3-4H2,1-2H3. The smallest absolute Gasteiger partial charge is 0.255 e. The number of nitrogens with one attached hydrogen (secondary N) is 1. The first-order chi connectivity index (χ1) is 4.55. The predicted octanol–water partition coefficient (Wildman–Crippen LogP) is 1.50. The molecule has 60 valence electrons. The van der Waals surface area contributed by atoms with Crippen LogP contribution >= 0.6 is 0 Å².